The second-order valence-corrected chi connectivity index (χ2v) is 3.95. The van der Waals surface area contributed by atoms with E-state index in [0.29, 0.717) is 12.6 Å². The second-order valence-electron chi connectivity index (χ2n) is 3.95. The van der Waals surface area contributed by atoms with Crippen molar-refractivity contribution in [2.24, 2.45) is 0 Å². The minimum Gasteiger partial charge on any atom is -0.486 e. The molecule has 1 aromatic carbocycles. The highest BCUT2D eigenvalue weighted by Crippen LogP contribution is 2.21. The minimum atomic E-state index is 0.343. The molecule has 0 N–H and O–H groups in total. The van der Waals surface area contributed by atoms with Gasteiger partial charge in [-0.15, -0.1) is 0 Å². The number of fused-ring (bicyclic) bond motifs is 1. The molecule has 2 heterocycles. The van der Waals surface area contributed by atoms with E-state index in [1.54, 1.807) is 19.6 Å². The van der Waals surface area contributed by atoms with Crippen molar-refractivity contribution in [1.29, 1.82) is 0 Å². The predicted octanol–water partition coefficient (Wildman–Crippen LogP) is 2.81. The van der Waals surface area contributed by atoms with E-state index in [4.69, 9.17) is 13.9 Å². The predicted molar refractivity (Wildman–Crippen MR) is 69.1 cm³/mol. The molecule has 3 aromatic rings. The number of nitrogens with zero attached hydrogens (tertiary/aromatic N) is 2. The topological polar surface area (TPSA) is 57.4 Å². The van der Waals surface area contributed by atoms with Crippen molar-refractivity contribution in [3.63, 3.8) is 0 Å². The maximum atomic E-state index is 5.64. The molecule has 0 aliphatic heterocycles. The number of benzene rings is 1. The van der Waals surface area contributed by atoms with E-state index in [1.807, 2.05) is 30.3 Å². The summed E-state index contributed by atoms with van der Waals surface area (Å²) in [5.74, 6) is 1.50. The Bertz CT molecular complexity index is 680. The van der Waals surface area contributed by atoms with Crippen LogP contribution in [0.5, 0.6) is 11.8 Å². The lowest BCUT2D eigenvalue weighted by molar-refractivity contribution is 0.270. The quantitative estimate of drug-likeness (QED) is 0.718. The lowest BCUT2D eigenvalue weighted by Crippen LogP contribution is -1.95. The van der Waals surface area contributed by atoms with Crippen LogP contribution in [0.15, 0.2) is 47.2 Å². The first kappa shape index (κ1) is 11.5. The molecule has 0 saturated heterocycles. The van der Waals surface area contributed by atoms with Crippen molar-refractivity contribution >= 4 is 10.9 Å². The Morgan fingerprint density at radius 3 is 3.00 bits per heavy atom. The molecule has 0 radical (unpaired) electrons. The number of hydrogen-bond acceptors (Lipinski definition) is 5. The third kappa shape index (κ3) is 2.49. The van der Waals surface area contributed by atoms with Crippen molar-refractivity contribution < 1.29 is 13.9 Å². The van der Waals surface area contributed by atoms with Crippen LogP contribution in [0.25, 0.3) is 10.9 Å². The number of methoxy groups -OCH3 is 1. The van der Waals surface area contributed by atoms with Gasteiger partial charge in [0, 0.05) is 17.6 Å². The Morgan fingerprint density at radius 2 is 2.21 bits per heavy atom. The number of ether oxygens (including phenoxy) is 2. The molecule has 0 aliphatic carbocycles. The van der Waals surface area contributed by atoms with Gasteiger partial charge >= 0.3 is 6.01 Å². The second kappa shape index (κ2) is 4.97. The SMILES string of the molecule is COc1ncc2ccc(OCc3ccco3)cc2n1. The molecule has 0 atom stereocenters. The van der Waals surface area contributed by atoms with Gasteiger partial charge in [-0.1, -0.05) is 0 Å². The van der Waals surface area contributed by atoms with Crippen molar-refractivity contribution in [3.8, 4) is 11.8 Å². The molecule has 5 nitrogen and oxygen atoms in total. The zero-order valence-corrected chi connectivity index (χ0v) is 10.4. The first-order valence-electron chi connectivity index (χ1n) is 5.81. The average molecular weight is 256 g/mol. The molecule has 0 aliphatic rings. The van der Waals surface area contributed by atoms with Crippen molar-refractivity contribution in [2.75, 3.05) is 7.11 Å². The highest BCUT2D eigenvalue weighted by molar-refractivity contribution is 5.79. The lowest BCUT2D eigenvalue weighted by atomic mass is 10.2. The van der Waals surface area contributed by atoms with Crippen LogP contribution in [0.2, 0.25) is 0 Å². The van der Waals surface area contributed by atoms with Crippen LogP contribution in [0, 0.1) is 0 Å². The first-order chi connectivity index (χ1) is 9.35. The van der Waals surface area contributed by atoms with Crippen LogP contribution in [0.1, 0.15) is 5.76 Å². The molecule has 0 fully saturated rings. The van der Waals surface area contributed by atoms with Crippen LogP contribution >= 0.6 is 0 Å². The molecule has 2 aromatic heterocycles. The largest absolute Gasteiger partial charge is 0.486 e. The number of rotatable bonds is 4. The molecule has 0 spiro atoms. The molecule has 5 heteroatoms. The number of hydrogen-bond donors (Lipinski definition) is 0. The molecular formula is C14H12N2O3. The van der Waals surface area contributed by atoms with Crippen LogP contribution in [-0.2, 0) is 6.61 Å². The fourth-order valence-corrected chi connectivity index (χ4v) is 1.72. The molecule has 96 valence electrons. The van der Waals surface area contributed by atoms with Gasteiger partial charge in [-0.25, -0.2) is 4.98 Å². The Balaban J connectivity index is 1.83. The van der Waals surface area contributed by atoms with E-state index in [9.17, 15) is 0 Å². The van der Waals surface area contributed by atoms with Crippen molar-refractivity contribution in [3.05, 3.63) is 48.6 Å². The smallest absolute Gasteiger partial charge is 0.316 e. The Morgan fingerprint density at radius 1 is 1.26 bits per heavy atom. The minimum absolute atomic E-state index is 0.343. The zero-order valence-electron chi connectivity index (χ0n) is 10.4. The third-order valence-electron chi connectivity index (χ3n) is 2.68. The maximum absolute atomic E-state index is 5.64. The summed E-state index contributed by atoms with van der Waals surface area (Å²) >= 11 is 0. The molecular weight excluding hydrogens is 244 g/mol. The van der Waals surface area contributed by atoms with Gasteiger partial charge in [0.1, 0.15) is 18.1 Å². The molecule has 3 rings (SSSR count). The molecule has 0 amide bonds. The Hall–Kier alpha value is -2.56. The van der Waals surface area contributed by atoms with E-state index in [2.05, 4.69) is 9.97 Å². The monoisotopic (exact) mass is 256 g/mol. The molecule has 0 bridgehead atoms. The fraction of sp³-hybridized carbons (Fsp3) is 0.143. The highest BCUT2D eigenvalue weighted by Gasteiger charge is 2.03. The lowest BCUT2D eigenvalue weighted by Gasteiger charge is -2.05. The van der Waals surface area contributed by atoms with Gasteiger partial charge < -0.3 is 13.9 Å². The summed E-state index contributed by atoms with van der Waals surface area (Å²) in [6, 6.07) is 9.68. The third-order valence-corrected chi connectivity index (χ3v) is 2.68. The van der Waals surface area contributed by atoms with E-state index in [1.165, 1.54) is 0 Å². The summed E-state index contributed by atoms with van der Waals surface area (Å²) in [5, 5.41) is 0.936. The van der Waals surface area contributed by atoms with E-state index < -0.39 is 0 Å². The van der Waals surface area contributed by atoms with Crippen LogP contribution < -0.4 is 9.47 Å². The van der Waals surface area contributed by atoms with Crippen molar-refractivity contribution in [1.82, 2.24) is 9.97 Å². The van der Waals surface area contributed by atoms with Crippen molar-refractivity contribution in [2.45, 2.75) is 6.61 Å². The van der Waals surface area contributed by atoms with E-state index in [0.717, 1.165) is 22.4 Å². The summed E-state index contributed by atoms with van der Waals surface area (Å²) in [5.41, 5.74) is 0.781. The first-order valence-corrected chi connectivity index (χ1v) is 5.81. The summed E-state index contributed by atoms with van der Waals surface area (Å²) in [6.07, 6.45) is 3.34. The summed E-state index contributed by atoms with van der Waals surface area (Å²) in [6.45, 7) is 0.390. The van der Waals surface area contributed by atoms with Crippen LogP contribution in [0.4, 0.5) is 0 Å². The molecule has 0 unspecified atom stereocenters. The van der Waals surface area contributed by atoms with Gasteiger partial charge in [-0.2, -0.15) is 4.98 Å². The average Bonchev–Trinajstić information content (AvgIpc) is 2.97. The van der Waals surface area contributed by atoms with Gasteiger partial charge in [0.25, 0.3) is 0 Å². The number of aromatic nitrogens is 2. The maximum Gasteiger partial charge on any atom is 0.316 e. The Kier molecular flexibility index (Phi) is 3.02. The normalized spacial score (nSPS) is 10.6. The standard InChI is InChI=1S/C14H12N2O3/c1-17-14-15-8-10-4-5-11(7-13(10)16-14)19-9-12-3-2-6-18-12/h2-8H,9H2,1H3. The van der Waals surface area contributed by atoms with Gasteiger partial charge in [-0.3, -0.25) is 0 Å². The van der Waals surface area contributed by atoms with Crippen LogP contribution in [0.3, 0.4) is 0 Å². The highest BCUT2D eigenvalue weighted by atomic mass is 16.5. The van der Waals surface area contributed by atoms with Gasteiger partial charge in [0.05, 0.1) is 18.9 Å². The summed E-state index contributed by atoms with van der Waals surface area (Å²) in [7, 11) is 1.54. The number of furan rings is 1. The Labute approximate surface area is 109 Å². The van der Waals surface area contributed by atoms with Gasteiger partial charge in [0.2, 0.25) is 0 Å². The zero-order chi connectivity index (χ0) is 13.1. The van der Waals surface area contributed by atoms with Gasteiger partial charge in [0.15, 0.2) is 0 Å². The fourth-order valence-electron chi connectivity index (χ4n) is 1.72. The molecule has 19 heavy (non-hydrogen) atoms. The van der Waals surface area contributed by atoms with E-state index in [-0.39, 0.29) is 0 Å². The van der Waals surface area contributed by atoms with E-state index >= 15 is 0 Å². The van der Waals surface area contributed by atoms with Crippen LogP contribution in [-0.4, -0.2) is 17.1 Å². The summed E-state index contributed by atoms with van der Waals surface area (Å²) in [4.78, 5) is 8.32. The molecule has 0 saturated carbocycles. The summed E-state index contributed by atoms with van der Waals surface area (Å²) < 4.78 is 15.8. The van der Waals surface area contributed by atoms with Gasteiger partial charge in [-0.05, 0) is 24.3 Å².